The summed E-state index contributed by atoms with van der Waals surface area (Å²) in [6, 6.07) is 13.3. The summed E-state index contributed by atoms with van der Waals surface area (Å²) in [5.74, 6) is -0.735. The van der Waals surface area contributed by atoms with Gasteiger partial charge in [-0.2, -0.15) is 0 Å². The molecule has 0 aromatic heterocycles. The van der Waals surface area contributed by atoms with Crippen LogP contribution in [0.5, 0.6) is 0 Å². The molecule has 1 unspecified atom stereocenters. The summed E-state index contributed by atoms with van der Waals surface area (Å²) < 4.78 is 31.8. The Balaban J connectivity index is 2.17. The molecule has 5 nitrogen and oxygen atoms in total. The van der Waals surface area contributed by atoms with Crippen LogP contribution in [-0.4, -0.2) is 21.5 Å². The monoisotopic (exact) mass is 333 g/mol. The number of rotatable bonds is 5. The molecule has 2 rings (SSSR count). The van der Waals surface area contributed by atoms with Gasteiger partial charge in [0.25, 0.3) is 10.0 Å². The second-order valence-electron chi connectivity index (χ2n) is 5.29. The van der Waals surface area contributed by atoms with E-state index in [1.807, 2.05) is 6.92 Å². The van der Waals surface area contributed by atoms with Crippen LogP contribution in [0.15, 0.2) is 53.4 Å². The second-order valence-corrected chi connectivity index (χ2v) is 6.97. The second kappa shape index (κ2) is 6.83. The van der Waals surface area contributed by atoms with E-state index in [-0.39, 0.29) is 10.9 Å². The molecule has 122 valence electrons. The Morgan fingerprint density at radius 3 is 2.13 bits per heavy atom. The van der Waals surface area contributed by atoms with Gasteiger partial charge in [0.2, 0.25) is 0 Å². The largest absolute Gasteiger partial charge is 0.469 e. The first-order chi connectivity index (χ1) is 10.8. The number of anilines is 1. The lowest BCUT2D eigenvalue weighted by Crippen LogP contribution is -2.13. The van der Waals surface area contributed by atoms with Gasteiger partial charge in [0, 0.05) is 5.69 Å². The van der Waals surface area contributed by atoms with Gasteiger partial charge in [-0.25, -0.2) is 8.42 Å². The number of hydrogen-bond acceptors (Lipinski definition) is 4. The fourth-order valence-corrected chi connectivity index (χ4v) is 3.14. The molecule has 0 saturated carbocycles. The molecule has 2 aromatic rings. The average molecular weight is 333 g/mol. The van der Waals surface area contributed by atoms with Gasteiger partial charge in [0.1, 0.15) is 0 Å². The zero-order valence-corrected chi connectivity index (χ0v) is 14.1. The molecule has 2 aromatic carbocycles. The first kappa shape index (κ1) is 17.0. The van der Waals surface area contributed by atoms with E-state index in [0.717, 1.165) is 11.1 Å². The quantitative estimate of drug-likeness (QED) is 0.854. The van der Waals surface area contributed by atoms with E-state index in [4.69, 9.17) is 4.74 Å². The Kier molecular flexibility index (Phi) is 5.05. The zero-order valence-electron chi connectivity index (χ0n) is 13.2. The van der Waals surface area contributed by atoms with Crippen molar-refractivity contribution in [3.63, 3.8) is 0 Å². The van der Waals surface area contributed by atoms with Crippen LogP contribution in [-0.2, 0) is 19.6 Å². The summed E-state index contributed by atoms with van der Waals surface area (Å²) in [6.07, 6.45) is 0. The highest BCUT2D eigenvalue weighted by molar-refractivity contribution is 7.92. The summed E-state index contributed by atoms with van der Waals surface area (Å²) >= 11 is 0. The highest BCUT2D eigenvalue weighted by atomic mass is 32.2. The molecule has 0 aliphatic carbocycles. The number of carbonyl (C=O) groups excluding carboxylic acids is 1. The van der Waals surface area contributed by atoms with Gasteiger partial charge in [0.05, 0.1) is 17.9 Å². The maximum atomic E-state index is 12.3. The van der Waals surface area contributed by atoms with Gasteiger partial charge in [-0.05, 0) is 43.7 Å². The van der Waals surface area contributed by atoms with E-state index in [2.05, 4.69) is 4.72 Å². The van der Waals surface area contributed by atoms with Gasteiger partial charge in [0.15, 0.2) is 0 Å². The highest BCUT2D eigenvalue weighted by Crippen LogP contribution is 2.21. The number of methoxy groups -OCH3 is 1. The van der Waals surface area contributed by atoms with Crippen molar-refractivity contribution in [3.05, 3.63) is 59.7 Å². The summed E-state index contributed by atoms with van der Waals surface area (Å²) in [5, 5.41) is 0. The maximum absolute atomic E-state index is 12.3. The van der Waals surface area contributed by atoms with E-state index in [9.17, 15) is 13.2 Å². The lowest BCUT2D eigenvalue weighted by Gasteiger charge is -2.12. The van der Waals surface area contributed by atoms with Crippen LogP contribution in [0, 0.1) is 6.92 Å². The molecule has 0 aliphatic heterocycles. The first-order valence-electron chi connectivity index (χ1n) is 7.11. The molecule has 1 atom stereocenters. The molecule has 0 radical (unpaired) electrons. The van der Waals surface area contributed by atoms with Crippen molar-refractivity contribution in [2.75, 3.05) is 11.8 Å². The molecule has 0 aliphatic rings. The molecule has 6 heteroatoms. The van der Waals surface area contributed by atoms with Crippen molar-refractivity contribution < 1.29 is 17.9 Å². The van der Waals surface area contributed by atoms with Gasteiger partial charge < -0.3 is 4.74 Å². The van der Waals surface area contributed by atoms with E-state index < -0.39 is 15.9 Å². The number of ether oxygens (including phenoxy) is 1. The van der Waals surface area contributed by atoms with Gasteiger partial charge in [-0.15, -0.1) is 0 Å². The fourth-order valence-electron chi connectivity index (χ4n) is 2.08. The minimum absolute atomic E-state index is 0.204. The van der Waals surface area contributed by atoms with Gasteiger partial charge in [-0.3, -0.25) is 9.52 Å². The van der Waals surface area contributed by atoms with Crippen LogP contribution in [0.1, 0.15) is 24.0 Å². The third kappa shape index (κ3) is 4.10. The fraction of sp³-hybridized carbons (Fsp3) is 0.235. The molecular weight excluding hydrogens is 314 g/mol. The summed E-state index contributed by atoms with van der Waals surface area (Å²) in [6.45, 7) is 3.63. The molecule has 0 fully saturated rings. The third-order valence-electron chi connectivity index (χ3n) is 3.55. The average Bonchev–Trinajstić information content (AvgIpc) is 2.54. The maximum Gasteiger partial charge on any atom is 0.312 e. The molecule has 1 N–H and O–H groups in total. The van der Waals surface area contributed by atoms with Crippen molar-refractivity contribution in [1.82, 2.24) is 0 Å². The van der Waals surface area contributed by atoms with Crippen LogP contribution < -0.4 is 4.72 Å². The number of nitrogens with one attached hydrogen (secondary N) is 1. The van der Waals surface area contributed by atoms with E-state index >= 15 is 0 Å². The van der Waals surface area contributed by atoms with Crippen molar-refractivity contribution in [1.29, 1.82) is 0 Å². The van der Waals surface area contributed by atoms with Crippen LogP contribution in [0.3, 0.4) is 0 Å². The molecule has 23 heavy (non-hydrogen) atoms. The zero-order chi connectivity index (χ0) is 17.0. The number of aryl methyl sites for hydroxylation is 1. The smallest absolute Gasteiger partial charge is 0.312 e. The number of carbonyl (C=O) groups is 1. The van der Waals surface area contributed by atoms with E-state index in [0.29, 0.717) is 5.69 Å². The van der Waals surface area contributed by atoms with Crippen molar-refractivity contribution in [2.45, 2.75) is 24.7 Å². The third-order valence-corrected chi connectivity index (χ3v) is 4.95. The number of sulfonamides is 1. The number of esters is 1. The molecule has 0 saturated heterocycles. The van der Waals surface area contributed by atoms with Crippen molar-refractivity contribution >= 4 is 21.7 Å². The Morgan fingerprint density at radius 2 is 1.61 bits per heavy atom. The minimum atomic E-state index is -3.63. The molecular formula is C17H19NO4S. The number of hydrogen-bond donors (Lipinski definition) is 1. The molecule has 0 heterocycles. The Bertz CT molecular complexity index is 780. The molecule has 0 bridgehead atoms. The number of benzene rings is 2. The van der Waals surface area contributed by atoms with Crippen molar-refractivity contribution in [2.24, 2.45) is 0 Å². The van der Waals surface area contributed by atoms with Gasteiger partial charge >= 0.3 is 5.97 Å². The predicted molar refractivity (Wildman–Crippen MR) is 88.9 cm³/mol. The van der Waals surface area contributed by atoms with E-state index in [1.165, 1.54) is 7.11 Å². The van der Waals surface area contributed by atoms with Crippen LogP contribution >= 0.6 is 0 Å². The Morgan fingerprint density at radius 1 is 1.04 bits per heavy atom. The van der Waals surface area contributed by atoms with E-state index in [1.54, 1.807) is 55.5 Å². The highest BCUT2D eigenvalue weighted by Gasteiger charge is 2.17. The minimum Gasteiger partial charge on any atom is -0.469 e. The SMILES string of the molecule is COC(=O)C(C)c1ccc(NS(=O)(=O)c2ccc(C)cc2)cc1. The normalized spacial score (nSPS) is 12.5. The summed E-state index contributed by atoms with van der Waals surface area (Å²) in [5.41, 5.74) is 2.19. The predicted octanol–water partition coefficient (Wildman–Crippen LogP) is 3.07. The first-order valence-corrected chi connectivity index (χ1v) is 8.59. The Hall–Kier alpha value is -2.34. The van der Waals surface area contributed by atoms with Gasteiger partial charge in [-0.1, -0.05) is 29.8 Å². The topological polar surface area (TPSA) is 72.5 Å². The standard InChI is InChI=1S/C17H19NO4S/c1-12-4-10-16(11-5-12)23(20,21)18-15-8-6-14(7-9-15)13(2)17(19)22-3/h4-11,13,18H,1-3H3. The van der Waals surface area contributed by atoms with Crippen molar-refractivity contribution in [3.8, 4) is 0 Å². The lowest BCUT2D eigenvalue weighted by atomic mass is 10.0. The van der Waals surface area contributed by atoms with Crippen LogP contribution in [0.25, 0.3) is 0 Å². The summed E-state index contributed by atoms with van der Waals surface area (Å²) in [7, 11) is -2.29. The summed E-state index contributed by atoms with van der Waals surface area (Å²) in [4.78, 5) is 11.7. The lowest BCUT2D eigenvalue weighted by molar-refractivity contribution is -0.141. The Labute approximate surface area is 136 Å². The van der Waals surface area contributed by atoms with Crippen LogP contribution in [0.2, 0.25) is 0 Å². The molecule has 0 amide bonds. The molecule has 0 spiro atoms. The van der Waals surface area contributed by atoms with Crippen LogP contribution in [0.4, 0.5) is 5.69 Å².